The molecule has 29 heavy (non-hydrogen) atoms. The SMILES string of the molecule is COc1ccc(-n2nc(C)c3sc(N(C)CC(=O)NC4CCCCC4)nc32)cc1. The van der Waals surface area contributed by atoms with E-state index in [1.54, 1.807) is 18.4 Å². The lowest BCUT2D eigenvalue weighted by Gasteiger charge is -2.24. The number of methoxy groups -OCH3 is 1. The molecule has 4 rings (SSSR count). The summed E-state index contributed by atoms with van der Waals surface area (Å²) in [6.07, 6.45) is 5.88. The Hall–Kier alpha value is -2.61. The number of nitrogens with zero attached hydrogens (tertiary/aromatic N) is 4. The van der Waals surface area contributed by atoms with E-state index < -0.39 is 0 Å². The molecule has 1 saturated carbocycles. The number of nitrogens with one attached hydrogen (secondary N) is 1. The standard InChI is InChI=1S/C21H27N5O2S/c1-14-19-20(26(24-14)16-9-11-17(28-3)12-10-16)23-21(29-19)25(2)13-18(27)22-15-7-5-4-6-8-15/h9-12,15H,4-8,13H2,1-3H3,(H,22,27). The third-order valence-corrected chi connectivity index (χ3v) is 6.64. The normalized spacial score (nSPS) is 14.9. The number of thiazole rings is 1. The van der Waals surface area contributed by atoms with Crippen LogP contribution in [0.25, 0.3) is 16.0 Å². The van der Waals surface area contributed by atoms with Gasteiger partial charge in [0.25, 0.3) is 0 Å². The molecular weight excluding hydrogens is 386 g/mol. The maximum Gasteiger partial charge on any atom is 0.239 e. The molecule has 0 spiro atoms. The van der Waals surface area contributed by atoms with Crippen LogP contribution in [0.15, 0.2) is 24.3 Å². The second-order valence-electron chi connectivity index (χ2n) is 7.60. The van der Waals surface area contributed by atoms with Crippen molar-refractivity contribution in [2.45, 2.75) is 45.1 Å². The fourth-order valence-corrected chi connectivity index (χ4v) is 4.74. The van der Waals surface area contributed by atoms with Crippen LogP contribution in [-0.2, 0) is 4.79 Å². The van der Waals surface area contributed by atoms with Crippen molar-refractivity contribution in [3.05, 3.63) is 30.0 Å². The second kappa shape index (κ2) is 8.41. The zero-order chi connectivity index (χ0) is 20.4. The summed E-state index contributed by atoms with van der Waals surface area (Å²) in [6, 6.07) is 8.07. The van der Waals surface area contributed by atoms with E-state index in [0.29, 0.717) is 12.6 Å². The minimum absolute atomic E-state index is 0.0622. The number of benzene rings is 1. The van der Waals surface area contributed by atoms with Crippen LogP contribution in [0.1, 0.15) is 37.8 Å². The molecule has 154 valence electrons. The van der Waals surface area contributed by atoms with Crippen molar-refractivity contribution in [2.75, 3.05) is 25.6 Å². The molecule has 0 aliphatic heterocycles. The number of amides is 1. The number of aryl methyl sites for hydroxylation is 1. The summed E-state index contributed by atoms with van der Waals surface area (Å²) in [5, 5.41) is 8.63. The van der Waals surface area contributed by atoms with Gasteiger partial charge >= 0.3 is 0 Å². The Balaban J connectivity index is 1.51. The molecule has 1 fully saturated rings. The molecule has 8 heteroatoms. The van der Waals surface area contributed by atoms with Gasteiger partial charge in [-0.05, 0) is 44.0 Å². The molecule has 1 aromatic carbocycles. The Labute approximate surface area is 174 Å². The molecule has 1 N–H and O–H groups in total. The van der Waals surface area contributed by atoms with Crippen molar-refractivity contribution in [3.63, 3.8) is 0 Å². The van der Waals surface area contributed by atoms with Crippen molar-refractivity contribution in [3.8, 4) is 11.4 Å². The maximum absolute atomic E-state index is 12.5. The van der Waals surface area contributed by atoms with Crippen LogP contribution in [-0.4, -0.2) is 47.4 Å². The molecule has 0 atom stereocenters. The molecule has 0 unspecified atom stereocenters. The number of hydrogen-bond acceptors (Lipinski definition) is 6. The lowest BCUT2D eigenvalue weighted by Crippen LogP contribution is -2.41. The van der Waals surface area contributed by atoms with Gasteiger partial charge in [0, 0.05) is 13.1 Å². The van der Waals surface area contributed by atoms with Crippen LogP contribution in [0.5, 0.6) is 5.75 Å². The zero-order valence-corrected chi connectivity index (χ0v) is 18.0. The van der Waals surface area contributed by atoms with Crippen LogP contribution in [0.3, 0.4) is 0 Å². The van der Waals surface area contributed by atoms with Crippen molar-refractivity contribution in [1.29, 1.82) is 0 Å². The number of fused-ring (bicyclic) bond motifs is 1. The lowest BCUT2D eigenvalue weighted by atomic mass is 9.95. The summed E-state index contributed by atoms with van der Waals surface area (Å²) in [5.41, 5.74) is 2.67. The average molecular weight is 414 g/mol. The fraction of sp³-hybridized carbons (Fsp3) is 0.476. The summed E-state index contributed by atoms with van der Waals surface area (Å²) < 4.78 is 8.12. The number of rotatable bonds is 6. The van der Waals surface area contributed by atoms with Crippen LogP contribution < -0.4 is 15.0 Å². The highest BCUT2D eigenvalue weighted by molar-refractivity contribution is 7.22. The number of hydrogen-bond donors (Lipinski definition) is 1. The number of aromatic nitrogens is 3. The van der Waals surface area contributed by atoms with Crippen molar-refractivity contribution in [1.82, 2.24) is 20.1 Å². The van der Waals surface area contributed by atoms with Crippen molar-refractivity contribution >= 4 is 32.7 Å². The number of carbonyl (C=O) groups is 1. The number of anilines is 1. The molecule has 1 amide bonds. The van der Waals surface area contributed by atoms with Gasteiger partial charge in [0.05, 0.1) is 29.7 Å². The van der Waals surface area contributed by atoms with E-state index in [1.165, 1.54) is 19.3 Å². The van der Waals surface area contributed by atoms with Gasteiger partial charge in [-0.1, -0.05) is 30.6 Å². The molecule has 3 aromatic rings. The van der Waals surface area contributed by atoms with E-state index >= 15 is 0 Å². The summed E-state index contributed by atoms with van der Waals surface area (Å²) in [5.74, 6) is 0.865. The van der Waals surface area contributed by atoms with E-state index in [1.807, 2.05) is 47.8 Å². The maximum atomic E-state index is 12.5. The Morgan fingerprint density at radius 2 is 2.00 bits per heavy atom. The quantitative estimate of drug-likeness (QED) is 0.667. The molecule has 1 aliphatic rings. The average Bonchev–Trinajstić information content (AvgIpc) is 3.29. The van der Waals surface area contributed by atoms with E-state index in [-0.39, 0.29) is 5.91 Å². The van der Waals surface area contributed by atoms with Gasteiger partial charge < -0.3 is 15.0 Å². The first-order chi connectivity index (χ1) is 14.0. The van der Waals surface area contributed by atoms with E-state index in [2.05, 4.69) is 10.4 Å². The first kappa shape index (κ1) is 19.7. The molecule has 0 radical (unpaired) electrons. The molecule has 0 saturated heterocycles. The van der Waals surface area contributed by atoms with Crippen molar-refractivity contribution < 1.29 is 9.53 Å². The largest absolute Gasteiger partial charge is 0.497 e. The molecule has 2 heterocycles. The van der Waals surface area contributed by atoms with Crippen LogP contribution in [0.4, 0.5) is 5.13 Å². The smallest absolute Gasteiger partial charge is 0.239 e. The van der Waals surface area contributed by atoms with Gasteiger partial charge in [-0.2, -0.15) is 10.1 Å². The number of ether oxygens (including phenoxy) is 1. The Morgan fingerprint density at radius 3 is 2.69 bits per heavy atom. The Bertz CT molecular complexity index is 989. The molecule has 2 aromatic heterocycles. The molecule has 0 bridgehead atoms. The fourth-order valence-electron chi connectivity index (χ4n) is 3.79. The predicted molar refractivity (Wildman–Crippen MR) is 116 cm³/mol. The third kappa shape index (κ3) is 4.22. The topological polar surface area (TPSA) is 72.3 Å². The highest BCUT2D eigenvalue weighted by Crippen LogP contribution is 2.32. The molecule has 7 nitrogen and oxygen atoms in total. The highest BCUT2D eigenvalue weighted by atomic mass is 32.1. The van der Waals surface area contributed by atoms with Crippen LogP contribution >= 0.6 is 11.3 Å². The highest BCUT2D eigenvalue weighted by Gasteiger charge is 2.20. The second-order valence-corrected chi connectivity index (χ2v) is 8.58. The lowest BCUT2D eigenvalue weighted by molar-refractivity contribution is -0.120. The van der Waals surface area contributed by atoms with E-state index in [0.717, 1.165) is 45.5 Å². The van der Waals surface area contributed by atoms with Gasteiger partial charge in [0.1, 0.15) is 5.75 Å². The predicted octanol–water partition coefficient (Wildman–Crippen LogP) is 3.68. The van der Waals surface area contributed by atoms with Crippen molar-refractivity contribution in [2.24, 2.45) is 0 Å². The summed E-state index contributed by atoms with van der Waals surface area (Å²) in [6.45, 7) is 2.29. The Kier molecular flexibility index (Phi) is 5.71. The van der Waals surface area contributed by atoms with Crippen LogP contribution in [0, 0.1) is 6.92 Å². The van der Waals surface area contributed by atoms with Gasteiger partial charge in [-0.3, -0.25) is 4.79 Å². The minimum Gasteiger partial charge on any atom is -0.497 e. The monoisotopic (exact) mass is 413 g/mol. The minimum atomic E-state index is 0.0622. The molecular formula is C21H27N5O2S. The van der Waals surface area contributed by atoms with Gasteiger partial charge in [0.15, 0.2) is 10.8 Å². The summed E-state index contributed by atoms with van der Waals surface area (Å²) in [4.78, 5) is 19.2. The summed E-state index contributed by atoms with van der Waals surface area (Å²) in [7, 11) is 3.57. The van der Waals surface area contributed by atoms with Gasteiger partial charge in [-0.15, -0.1) is 0 Å². The van der Waals surface area contributed by atoms with Gasteiger partial charge in [0.2, 0.25) is 5.91 Å². The van der Waals surface area contributed by atoms with Gasteiger partial charge in [-0.25, -0.2) is 4.68 Å². The number of carbonyl (C=O) groups excluding carboxylic acids is 1. The first-order valence-corrected chi connectivity index (χ1v) is 10.9. The van der Waals surface area contributed by atoms with E-state index in [4.69, 9.17) is 9.72 Å². The zero-order valence-electron chi connectivity index (χ0n) is 17.1. The van der Waals surface area contributed by atoms with E-state index in [9.17, 15) is 4.79 Å². The first-order valence-electron chi connectivity index (χ1n) is 10.1. The number of likely N-dealkylation sites (N-methyl/N-ethyl adjacent to an activating group) is 1. The third-order valence-electron chi connectivity index (χ3n) is 5.37. The molecule has 1 aliphatic carbocycles. The van der Waals surface area contributed by atoms with Crippen LogP contribution in [0.2, 0.25) is 0 Å². The Morgan fingerprint density at radius 1 is 1.28 bits per heavy atom. The summed E-state index contributed by atoms with van der Waals surface area (Å²) >= 11 is 1.57.